The van der Waals surface area contributed by atoms with E-state index in [0.717, 1.165) is 9.75 Å². The van der Waals surface area contributed by atoms with Crippen LogP contribution < -0.4 is 5.32 Å². The lowest BCUT2D eigenvalue weighted by Gasteiger charge is -2.01. The fourth-order valence-electron chi connectivity index (χ4n) is 1.22. The van der Waals surface area contributed by atoms with Gasteiger partial charge in [0, 0.05) is 11.9 Å². The molecule has 0 saturated carbocycles. The first-order chi connectivity index (χ1) is 7.20. The van der Waals surface area contributed by atoms with Crippen molar-refractivity contribution < 1.29 is 4.39 Å². The van der Waals surface area contributed by atoms with Crippen LogP contribution in [-0.2, 0) is 0 Å². The van der Waals surface area contributed by atoms with Gasteiger partial charge in [-0.25, -0.2) is 14.4 Å². The number of thiophene rings is 1. The van der Waals surface area contributed by atoms with Crippen LogP contribution in [-0.4, -0.2) is 17.0 Å². The molecule has 1 N–H and O–H groups in total. The molecule has 15 heavy (non-hydrogen) atoms. The third-order valence-electron chi connectivity index (χ3n) is 1.94. The first-order valence-electron chi connectivity index (χ1n) is 4.48. The van der Waals surface area contributed by atoms with Crippen molar-refractivity contribution in [3.05, 3.63) is 29.0 Å². The molecule has 78 valence electrons. The van der Waals surface area contributed by atoms with Crippen LogP contribution in [0.2, 0.25) is 0 Å². The highest BCUT2D eigenvalue weighted by molar-refractivity contribution is 7.15. The first kappa shape index (κ1) is 10.0. The van der Waals surface area contributed by atoms with Gasteiger partial charge in [-0.3, -0.25) is 0 Å². The van der Waals surface area contributed by atoms with Crippen molar-refractivity contribution in [2.45, 2.75) is 6.92 Å². The van der Waals surface area contributed by atoms with Gasteiger partial charge in [-0.15, -0.1) is 11.3 Å². The van der Waals surface area contributed by atoms with E-state index in [2.05, 4.69) is 15.3 Å². The maximum absolute atomic E-state index is 13.5. The fourth-order valence-corrected chi connectivity index (χ4v) is 2.08. The zero-order valence-electron chi connectivity index (χ0n) is 8.41. The first-order valence-corrected chi connectivity index (χ1v) is 5.29. The Morgan fingerprint density at radius 2 is 2.20 bits per heavy atom. The highest BCUT2D eigenvalue weighted by atomic mass is 32.1. The summed E-state index contributed by atoms with van der Waals surface area (Å²) in [4.78, 5) is 9.84. The number of hydrogen-bond acceptors (Lipinski definition) is 4. The molecule has 3 nitrogen and oxygen atoms in total. The minimum absolute atomic E-state index is 0.354. The predicted molar refractivity (Wildman–Crippen MR) is 59.6 cm³/mol. The van der Waals surface area contributed by atoms with Crippen molar-refractivity contribution in [3.8, 4) is 10.6 Å². The number of nitrogens with one attached hydrogen (secondary N) is 1. The molecule has 0 unspecified atom stereocenters. The van der Waals surface area contributed by atoms with E-state index in [4.69, 9.17) is 0 Å². The Bertz CT molecular complexity index is 481. The second-order valence-corrected chi connectivity index (χ2v) is 4.34. The largest absolute Gasteiger partial charge is 0.357 e. The van der Waals surface area contributed by atoms with Gasteiger partial charge in [0.25, 0.3) is 0 Å². The van der Waals surface area contributed by atoms with Gasteiger partial charge in [-0.1, -0.05) is 0 Å². The summed E-state index contributed by atoms with van der Waals surface area (Å²) >= 11 is 1.52. The maximum atomic E-state index is 13.5. The summed E-state index contributed by atoms with van der Waals surface area (Å²) in [7, 11) is 1.71. The minimum atomic E-state index is -0.393. The van der Waals surface area contributed by atoms with Crippen LogP contribution in [0.1, 0.15) is 4.88 Å². The van der Waals surface area contributed by atoms with Crippen LogP contribution in [0, 0.1) is 12.7 Å². The molecular weight excluding hydrogens is 213 g/mol. The van der Waals surface area contributed by atoms with Gasteiger partial charge in [0.15, 0.2) is 5.82 Å². The number of nitrogens with zero attached hydrogens (tertiary/aromatic N) is 2. The molecular formula is C10H10FN3S. The van der Waals surface area contributed by atoms with Crippen molar-refractivity contribution in [1.82, 2.24) is 9.97 Å². The molecule has 2 aromatic heterocycles. The molecule has 0 saturated heterocycles. The van der Waals surface area contributed by atoms with Crippen LogP contribution in [0.4, 0.5) is 10.3 Å². The molecule has 0 aliphatic carbocycles. The molecule has 0 aliphatic heterocycles. The lowest BCUT2D eigenvalue weighted by atomic mass is 10.3. The van der Waals surface area contributed by atoms with E-state index in [0.29, 0.717) is 11.6 Å². The monoisotopic (exact) mass is 223 g/mol. The normalized spacial score (nSPS) is 10.3. The Balaban J connectivity index is 2.51. The van der Waals surface area contributed by atoms with Crippen LogP contribution in [0.15, 0.2) is 18.3 Å². The van der Waals surface area contributed by atoms with E-state index >= 15 is 0 Å². The topological polar surface area (TPSA) is 37.8 Å². The fraction of sp³-hybridized carbons (Fsp3) is 0.200. The Morgan fingerprint density at radius 3 is 2.80 bits per heavy atom. The van der Waals surface area contributed by atoms with Gasteiger partial charge in [0.2, 0.25) is 5.95 Å². The second-order valence-electron chi connectivity index (χ2n) is 3.05. The van der Waals surface area contributed by atoms with Crippen molar-refractivity contribution in [3.63, 3.8) is 0 Å². The third-order valence-corrected chi connectivity index (χ3v) is 2.95. The van der Waals surface area contributed by atoms with Gasteiger partial charge >= 0.3 is 0 Å². The van der Waals surface area contributed by atoms with Crippen molar-refractivity contribution in [2.24, 2.45) is 0 Å². The zero-order chi connectivity index (χ0) is 10.8. The third kappa shape index (κ3) is 1.97. The molecule has 0 bridgehead atoms. The second kappa shape index (κ2) is 3.94. The molecule has 0 spiro atoms. The highest BCUT2D eigenvalue weighted by Crippen LogP contribution is 2.28. The summed E-state index contributed by atoms with van der Waals surface area (Å²) in [6.45, 7) is 1.98. The number of aryl methyl sites for hydroxylation is 1. The summed E-state index contributed by atoms with van der Waals surface area (Å²) in [5.41, 5.74) is 0.354. The van der Waals surface area contributed by atoms with E-state index < -0.39 is 5.82 Å². The highest BCUT2D eigenvalue weighted by Gasteiger charge is 2.10. The zero-order valence-corrected chi connectivity index (χ0v) is 9.23. The minimum Gasteiger partial charge on any atom is -0.357 e. The lowest BCUT2D eigenvalue weighted by Crippen LogP contribution is -1.98. The molecule has 2 heterocycles. The summed E-state index contributed by atoms with van der Waals surface area (Å²) in [5.74, 6) is 0.0355. The lowest BCUT2D eigenvalue weighted by molar-refractivity contribution is 0.619. The molecule has 0 amide bonds. The Morgan fingerprint density at radius 1 is 1.40 bits per heavy atom. The van der Waals surface area contributed by atoms with Gasteiger partial charge < -0.3 is 5.32 Å². The van der Waals surface area contributed by atoms with E-state index in [-0.39, 0.29) is 0 Å². The quantitative estimate of drug-likeness (QED) is 0.850. The molecule has 0 atom stereocenters. The van der Waals surface area contributed by atoms with Gasteiger partial charge in [0.05, 0.1) is 11.1 Å². The summed E-state index contributed by atoms with van der Waals surface area (Å²) in [6.07, 6.45) is 1.18. The van der Waals surface area contributed by atoms with Crippen LogP contribution in [0.25, 0.3) is 10.6 Å². The molecule has 0 fully saturated rings. The van der Waals surface area contributed by atoms with E-state index in [1.165, 1.54) is 17.5 Å². The predicted octanol–water partition coefficient (Wildman–Crippen LogP) is 2.69. The standard InChI is InChI=1S/C10H10FN3S/c1-6-3-4-8(15-6)9-7(11)5-13-10(12-2)14-9/h3-5H,1-2H3,(H,12,13,14). The number of hydrogen-bond donors (Lipinski definition) is 1. The van der Waals surface area contributed by atoms with E-state index in [9.17, 15) is 4.39 Å². The SMILES string of the molecule is CNc1ncc(F)c(-c2ccc(C)s2)n1. The molecule has 2 rings (SSSR count). The smallest absolute Gasteiger partial charge is 0.223 e. The van der Waals surface area contributed by atoms with Gasteiger partial charge in [0.1, 0.15) is 5.69 Å². The average molecular weight is 223 g/mol. The number of anilines is 1. The molecule has 2 aromatic rings. The van der Waals surface area contributed by atoms with Crippen molar-refractivity contribution >= 4 is 17.3 Å². The van der Waals surface area contributed by atoms with Crippen molar-refractivity contribution in [2.75, 3.05) is 12.4 Å². The Hall–Kier alpha value is -1.49. The summed E-state index contributed by atoms with van der Waals surface area (Å²) in [5, 5.41) is 2.79. The number of halogens is 1. The average Bonchev–Trinajstić information content (AvgIpc) is 2.65. The summed E-state index contributed by atoms with van der Waals surface area (Å²) < 4.78 is 13.5. The van der Waals surface area contributed by atoms with E-state index in [1.54, 1.807) is 7.05 Å². The molecule has 0 aromatic carbocycles. The van der Waals surface area contributed by atoms with Crippen LogP contribution in [0.3, 0.4) is 0 Å². The van der Waals surface area contributed by atoms with Crippen molar-refractivity contribution in [1.29, 1.82) is 0 Å². The molecule has 0 radical (unpaired) electrons. The maximum Gasteiger partial charge on any atom is 0.223 e. The van der Waals surface area contributed by atoms with Gasteiger partial charge in [-0.05, 0) is 19.1 Å². The van der Waals surface area contributed by atoms with Gasteiger partial charge in [-0.2, -0.15) is 0 Å². The van der Waals surface area contributed by atoms with E-state index in [1.807, 2.05) is 19.1 Å². The summed E-state index contributed by atoms with van der Waals surface area (Å²) in [6, 6.07) is 3.81. The Labute approximate surface area is 91.0 Å². The molecule has 5 heteroatoms. The molecule has 0 aliphatic rings. The number of rotatable bonds is 2. The van der Waals surface area contributed by atoms with Crippen LogP contribution in [0.5, 0.6) is 0 Å². The number of aromatic nitrogens is 2. The Kier molecular flexibility index (Phi) is 2.64. The van der Waals surface area contributed by atoms with Crippen LogP contribution >= 0.6 is 11.3 Å².